The fourth-order valence-corrected chi connectivity index (χ4v) is 3.95. The Morgan fingerprint density at radius 1 is 1.27 bits per heavy atom. The van der Waals surface area contributed by atoms with Gasteiger partial charge in [0.15, 0.2) is 0 Å². The summed E-state index contributed by atoms with van der Waals surface area (Å²) >= 11 is 0. The molecule has 0 radical (unpaired) electrons. The van der Waals surface area contributed by atoms with Crippen LogP contribution >= 0.6 is 0 Å². The van der Waals surface area contributed by atoms with Crippen LogP contribution in [-0.4, -0.2) is 28.7 Å². The number of rotatable bonds is 8. The smallest absolute Gasteiger partial charge is 0.0535 e. The van der Waals surface area contributed by atoms with Crippen molar-refractivity contribution < 1.29 is 0 Å². The summed E-state index contributed by atoms with van der Waals surface area (Å²) in [5, 5.41) is 7.66. The Morgan fingerprint density at radius 2 is 2.00 bits per heavy atom. The molecule has 0 amide bonds. The number of unbranched alkanes of at least 4 members (excludes halogenated alkanes) is 1. The van der Waals surface area contributed by atoms with E-state index in [0.29, 0.717) is 5.92 Å². The van der Waals surface area contributed by atoms with Crippen LogP contribution < -0.4 is 0 Å². The Bertz CT molecular complexity index is 416. The van der Waals surface area contributed by atoms with Gasteiger partial charge in [-0.25, -0.2) is 0 Å². The zero-order chi connectivity index (χ0) is 15.9. The number of hydrogen-bond acceptors (Lipinski definition) is 2. The predicted molar refractivity (Wildman–Crippen MR) is 94.0 cm³/mol. The van der Waals surface area contributed by atoms with Crippen molar-refractivity contribution in [2.45, 2.75) is 78.2 Å². The van der Waals surface area contributed by atoms with Crippen LogP contribution in [-0.2, 0) is 6.54 Å². The van der Waals surface area contributed by atoms with Gasteiger partial charge in [0.05, 0.1) is 6.20 Å². The molecular formula is C19H35N3. The molecule has 0 unspecified atom stereocenters. The lowest BCUT2D eigenvalue weighted by atomic mass is 9.77. The van der Waals surface area contributed by atoms with Crippen molar-refractivity contribution in [3.63, 3.8) is 0 Å². The number of aromatic amines is 1. The van der Waals surface area contributed by atoms with Gasteiger partial charge in [-0.15, -0.1) is 0 Å². The Hall–Kier alpha value is -0.830. The van der Waals surface area contributed by atoms with Crippen molar-refractivity contribution in [2.75, 3.05) is 13.6 Å². The van der Waals surface area contributed by atoms with Crippen molar-refractivity contribution in [1.82, 2.24) is 15.1 Å². The van der Waals surface area contributed by atoms with Crippen LogP contribution in [0.3, 0.4) is 0 Å². The van der Waals surface area contributed by atoms with Crippen molar-refractivity contribution in [2.24, 2.45) is 11.8 Å². The molecule has 1 aromatic rings. The number of aromatic nitrogens is 2. The van der Waals surface area contributed by atoms with Gasteiger partial charge >= 0.3 is 0 Å². The second-order valence-corrected chi connectivity index (χ2v) is 7.75. The van der Waals surface area contributed by atoms with Crippen LogP contribution in [0.5, 0.6) is 0 Å². The van der Waals surface area contributed by atoms with Gasteiger partial charge in [0.25, 0.3) is 0 Å². The molecule has 0 atom stereocenters. The molecule has 1 N–H and O–H groups in total. The summed E-state index contributed by atoms with van der Waals surface area (Å²) in [6.45, 7) is 9.18. The van der Waals surface area contributed by atoms with E-state index < -0.39 is 0 Å². The molecule has 3 heteroatoms. The Morgan fingerprint density at radius 3 is 2.64 bits per heavy atom. The maximum atomic E-state index is 4.35. The first-order valence-electron chi connectivity index (χ1n) is 9.30. The molecule has 1 fully saturated rings. The molecule has 0 spiro atoms. The quantitative estimate of drug-likeness (QED) is 0.736. The van der Waals surface area contributed by atoms with Gasteiger partial charge in [0.1, 0.15) is 0 Å². The fraction of sp³-hybridized carbons (Fsp3) is 0.842. The average molecular weight is 306 g/mol. The Balaban J connectivity index is 1.87. The summed E-state index contributed by atoms with van der Waals surface area (Å²) in [6, 6.07) is 0. The van der Waals surface area contributed by atoms with E-state index in [1.165, 1.54) is 62.7 Å². The van der Waals surface area contributed by atoms with Crippen LogP contribution in [0.25, 0.3) is 0 Å². The molecule has 0 saturated heterocycles. The summed E-state index contributed by atoms with van der Waals surface area (Å²) in [6.07, 6.45) is 11.5. The van der Waals surface area contributed by atoms with Gasteiger partial charge < -0.3 is 4.90 Å². The molecule has 3 nitrogen and oxygen atoms in total. The summed E-state index contributed by atoms with van der Waals surface area (Å²) < 4.78 is 0. The van der Waals surface area contributed by atoms with E-state index in [0.717, 1.165) is 18.4 Å². The highest BCUT2D eigenvalue weighted by atomic mass is 15.1. The zero-order valence-corrected chi connectivity index (χ0v) is 15.1. The molecule has 1 heterocycles. The molecular weight excluding hydrogens is 270 g/mol. The summed E-state index contributed by atoms with van der Waals surface area (Å²) in [5.41, 5.74) is 2.84. The lowest BCUT2D eigenvalue weighted by Gasteiger charge is -2.29. The summed E-state index contributed by atoms with van der Waals surface area (Å²) in [5.74, 6) is 2.51. The largest absolute Gasteiger partial charge is 0.302 e. The highest BCUT2D eigenvalue weighted by molar-refractivity contribution is 5.21. The van der Waals surface area contributed by atoms with E-state index in [9.17, 15) is 0 Å². The van der Waals surface area contributed by atoms with Crippen LogP contribution in [0.15, 0.2) is 6.20 Å². The molecule has 2 rings (SSSR count). The maximum absolute atomic E-state index is 4.35. The van der Waals surface area contributed by atoms with Gasteiger partial charge in [-0.3, -0.25) is 5.10 Å². The Labute approximate surface area is 136 Å². The average Bonchev–Trinajstić information content (AvgIpc) is 2.93. The third-order valence-corrected chi connectivity index (χ3v) is 5.14. The van der Waals surface area contributed by atoms with E-state index >= 15 is 0 Å². The number of hydrogen-bond donors (Lipinski definition) is 1. The SMILES string of the molecule is CCCCN(C)Cc1cn[nH]c1C1CCC(CC(C)C)CC1. The molecule has 1 aromatic heterocycles. The normalized spacial score (nSPS) is 22.6. The number of nitrogens with one attached hydrogen (secondary N) is 1. The second kappa shape index (κ2) is 8.71. The lowest BCUT2D eigenvalue weighted by Crippen LogP contribution is -2.21. The molecule has 126 valence electrons. The minimum Gasteiger partial charge on any atom is -0.302 e. The second-order valence-electron chi connectivity index (χ2n) is 7.75. The molecule has 1 aliphatic carbocycles. The van der Waals surface area contributed by atoms with Crippen LogP contribution in [0.4, 0.5) is 0 Å². The highest BCUT2D eigenvalue weighted by Crippen LogP contribution is 2.38. The van der Waals surface area contributed by atoms with Crippen LogP contribution in [0.1, 0.15) is 82.9 Å². The topological polar surface area (TPSA) is 31.9 Å². The van der Waals surface area contributed by atoms with Gasteiger partial charge in [-0.05, 0) is 64.0 Å². The minimum absolute atomic E-state index is 0.709. The molecule has 0 aliphatic heterocycles. The van der Waals surface area contributed by atoms with Gasteiger partial charge in [-0.2, -0.15) is 5.10 Å². The lowest BCUT2D eigenvalue weighted by molar-refractivity contribution is 0.277. The van der Waals surface area contributed by atoms with E-state index in [4.69, 9.17) is 0 Å². The van der Waals surface area contributed by atoms with Gasteiger partial charge in [0, 0.05) is 23.7 Å². The van der Waals surface area contributed by atoms with Gasteiger partial charge in [0.2, 0.25) is 0 Å². The van der Waals surface area contributed by atoms with E-state index in [-0.39, 0.29) is 0 Å². The first kappa shape index (κ1) is 17.5. The maximum Gasteiger partial charge on any atom is 0.0535 e. The molecule has 22 heavy (non-hydrogen) atoms. The highest BCUT2D eigenvalue weighted by Gasteiger charge is 2.25. The van der Waals surface area contributed by atoms with Crippen LogP contribution in [0.2, 0.25) is 0 Å². The zero-order valence-electron chi connectivity index (χ0n) is 15.1. The standard InChI is InChI=1S/C19H35N3/c1-5-6-11-22(4)14-18-13-20-21-19(18)17-9-7-16(8-10-17)12-15(2)3/h13,15-17H,5-12,14H2,1-4H3,(H,20,21). The van der Waals surface area contributed by atoms with E-state index in [1.54, 1.807) is 0 Å². The number of H-pyrrole nitrogens is 1. The van der Waals surface area contributed by atoms with Crippen LogP contribution in [0, 0.1) is 11.8 Å². The molecule has 1 saturated carbocycles. The molecule has 0 bridgehead atoms. The first-order chi connectivity index (χ1) is 10.6. The predicted octanol–water partition coefficient (Wildman–Crippen LogP) is 4.96. The van der Waals surface area contributed by atoms with Crippen molar-refractivity contribution >= 4 is 0 Å². The van der Waals surface area contributed by atoms with Crippen molar-refractivity contribution in [3.05, 3.63) is 17.5 Å². The fourth-order valence-electron chi connectivity index (χ4n) is 3.95. The third-order valence-electron chi connectivity index (χ3n) is 5.14. The first-order valence-corrected chi connectivity index (χ1v) is 9.30. The van der Waals surface area contributed by atoms with E-state index in [2.05, 4.69) is 49.1 Å². The molecule has 0 aromatic carbocycles. The monoisotopic (exact) mass is 305 g/mol. The summed E-state index contributed by atoms with van der Waals surface area (Å²) in [4.78, 5) is 2.43. The molecule has 1 aliphatic rings. The Kier molecular flexibility index (Phi) is 6.94. The van der Waals surface area contributed by atoms with Crippen molar-refractivity contribution in [1.29, 1.82) is 0 Å². The summed E-state index contributed by atoms with van der Waals surface area (Å²) in [7, 11) is 2.23. The number of nitrogens with zero attached hydrogens (tertiary/aromatic N) is 2. The van der Waals surface area contributed by atoms with Crippen molar-refractivity contribution in [3.8, 4) is 0 Å². The van der Waals surface area contributed by atoms with Gasteiger partial charge in [-0.1, -0.05) is 27.2 Å². The third kappa shape index (κ3) is 5.12. The van der Waals surface area contributed by atoms with E-state index in [1.807, 2.05) is 0 Å². The minimum atomic E-state index is 0.709.